The highest BCUT2D eigenvalue weighted by molar-refractivity contribution is 5.81. The van der Waals surface area contributed by atoms with Crippen molar-refractivity contribution in [3.05, 3.63) is 0 Å². The third kappa shape index (κ3) is 2.99. The van der Waals surface area contributed by atoms with E-state index < -0.39 is 0 Å². The summed E-state index contributed by atoms with van der Waals surface area (Å²) < 4.78 is 0. The summed E-state index contributed by atoms with van der Waals surface area (Å²) in [6.07, 6.45) is 9.93. The molecule has 112 valence electrons. The zero-order valence-electron chi connectivity index (χ0n) is 12.3. The van der Waals surface area contributed by atoms with E-state index in [-0.39, 0.29) is 23.8 Å². The maximum atomic E-state index is 12.3. The van der Waals surface area contributed by atoms with Crippen molar-refractivity contribution >= 4 is 11.8 Å². The Balaban J connectivity index is 1.46. The second-order valence-corrected chi connectivity index (χ2v) is 6.74. The number of hydrogen-bond acceptors (Lipinski definition) is 2. The first kappa shape index (κ1) is 13.9. The standard InChI is InChI=1S/C16H26N2O2/c19-15(12-5-1-2-6-12)17-14-9-10-18(11-14)16(20)13-7-3-4-8-13/h12-14H,1-11H2,(H,17,19)/t14-/m1/s1. The van der Waals surface area contributed by atoms with Gasteiger partial charge >= 0.3 is 0 Å². The van der Waals surface area contributed by atoms with Gasteiger partial charge in [0.05, 0.1) is 0 Å². The van der Waals surface area contributed by atoms with Gasteiger partial charge in [0, 0.05) is 31.0 Å². The number of carbonyl (C=O) groups is 2. The molecular formula is C16H26N2O2. The van der Waals surface area contributed by atoms with E-state index in [4.69, 9.17) is 0 Å². The summed E-state index contributed by atoms with van der Waals surface area (Å²) in [4.78, 5) is 26.4. The van der Waals surface area contributed by atoms with Gasteiger partial charge in [-0.1, -0.05) is 25.7 Å². The lowest BCUT2D eigenvalue weighted by atomic mass is 10.1. The van der Waals surface area contributed by atoms with Gasteiger partial charge in [0.15, 0.2) is 0 Å². The van der Waals surface area contributed by atoms with E-state index >= 15 is 0 Å². The number of likely N-dealkylation sites (tertiary alicyclic amines) is 1. The van der Waals surface area contributed by atoms with Crippen molar-refractivity contribution < 1.29 is 9.59 Å². The molecule has 0 bridgehead atoms. The first-order valence-electron chi connectivity index (χ1n) is 8.33. The fourth-order valence-corrected chi connectivity index (χ4v) is 4.02. The molecule has 2 amide bonds. The summed E-state index contributed by atoms with van der Waals surface area (Å²) in [7, 11) is 0. The van der Waals surface area contributed by atoms with Crippen molar-refractivity contribution in [2.45, 2.75) is 63.8 Å². The molecule has 4 heteroatoms. The SMILES string of the molecule is O=C(N[C@@H]1CCN(C(=O)C2CCCC2)C1)C1CCCC1. The van der Waals surface area contributed by atoms with E-state index in [1.165, 1.54) is 25.7 Å². The smallest absolute Gasteiger partial charge is 0.225 e. The van der Waals surface area contributed by atoms with Crippen LogP contribution >= 0.6 is 0 Å². The van der Waals surface area contributed by atoms with Gasteiger partial charge in [0.25, 0.3) is 0 Å². The molecule has 3 rings (SSSR count). The predicted molar refractivity (Wildman–Crippen MR) is 77.0 cm³/mol. The number of hydrogen-bond donors (Lipinski definition) is 1. The minimum atomic E-state index is 0.188. The van der Waals surface area contributed by atoms with Gasteiger partial charge in [-0.15, -0.1) is 0 Å². The van der Waals surface area contributed by atoms with Crippen LogP contribution in [0.2, 0.25) is 0 Å². The van der Waals surface area contributed by atoms with Crippen molar-refractivity contribution in [2.24, 2.45) is 11.8 Å². The average molecular weight is 278 g/mol. The number of rotatable bonds is 3. The van der Waals surface area contributed by atoms with Crippen LogP contribution in [0.5, 0.6) is 0 Å². The number of nitrogens with one attached hydrogen (secondary N) is 1. The highest BCUT2D eigenvalue weighted by Crippen LogP contribution is 2.28. The van der Waals surface area contributed by atoms with E-state index in [0.717, 1.165) is 45.2 Å². The Hall–Kier alpha value is -1.06. The Bertz CT molecular complexity index is 371. The van der Waals surface area contributed by atoms with Crippen LogP contribution in [0.25, 0.3) is 0 Å². The van der Waals surface area contributed by atoms with E-state index in [0.29, 0.717) is 5.91 Å². The zero-order valence-corrected chi connectivity index (χ0v) is 12.3. The molecule has 1 atom stereocenters. The van der Waals surface area contributed by atoms with Gasteiger partial charge in [-0.25, -0.2) is 0 Å². The Kier molecular flexibility index (Phi) is 4.27. The van der Waals surface area contributed by atoms with Crippen LogP contribution in [0.3, 0.4) is 0 Å². The molecular weight excluding hydrogens is 252 g/mol. The lowest BCUT2D eigenvalue weighted by Gasteiger charge is -2.21. The van der Waals surface area contributed by atoms with Gasteiger partial charge < -0.3 is 10.2 Å². The Morgan fingerprint density at radius 1 is 0.850 bits per heavy atom. The van der Waals surface area contributed by atoms with E-state index in [1.54, 1.807) is 0 Å². The maximum Gasteiger partial charge on any atom is 0.225 e. The third-order valence-corrected chi connectivity index (χ3v) is 5.28. The summed E-state index contributed by atoms with van der Waals surface area (Å²) in [5.74, 6) is 1.05. The van der Waals surface area contributed by atoms with Gasteiger partial charge in [-0.05, 0) is 32.1 Å². The van der Waals surface area contributed by atoms with Crippen molar-refractivity contribution in [1.82, 2.24) is 10.2 Å². The van der Waals surface area contributed by atoms with Crippen molar-refractivity contribution in [2.75, 3.05) is 13.1 Å². The molecule has 1 aliphatic heterocycles. The highest BCUT2D eigenvalue weighted by Gasteiger charge is 2.33. The molecule has 0 radical (unpaired) electrons. The summed E-state index contributed by atoms with van der Waals surface area (Å²) in [5.41, 5.74) is 0. The first-order chi connectivity index (χ1) is 9.74. The van der Waals surface area contributed by atoms with Gasteiger partial charge in [0.2, 0.25) is 11.8 Å². The molecule has 4 nitrogen and oxygen atoms in total. The van der Waals surface area contributed by atoms with Crippen LogP contribution in [0.15, 0.2) is 0 Å². The van der Waals surface area contributed by atoms with Crippen molar-refractivity contribution in [1.29, 1.82) is 0 Å². The number of carbonyl (C=O) groups excluding carboxylic acids is 2. The lowest BCUT2D eigenvalue weighted by molar-refractivity contribution is -0.134. The summed E-state index contributed by atoms with van der Waals surface area (Å²) in [5, 5.41) is 3.16. The number of amides is 2. The largest absolute Gasteiger partial charge is 0.351 e. The van der Waals surface area contributed by atoms with Crippen LogP contribution in [0.4, 0.5) is 0 Å². The summed E-state index contributed by atoms with van der Waals surface area (Å²) >= 11 is 0. The number of nitrogens with zero attached hydrogens (tertiary/aromatic N) is 1. The molecule has 3 aliphatic rings. The van der Waals surface area contributed by atoms with Crippen LogP contribution in [0, 0.1) is 11.8 Å². The highest BCUT2D eigenvalue weighted by atomic mass is 16.2. The van der Waals surface area contributed by atoms with Crippen molar-refractivity contribution in [3.8, 4) is 0 Å². The van der Waals surface area contributed by atoms with Crippen molar-refractivity contribution in [3.63, 3.8) is 0 Å². The minimum Gasteiger partial charge on any atom is -0.351 e. The zero-order chi connectivity index (χ0) is 13.9. The molecule has 0 aromatic rings. The van der Waals surface area contributed by atoms with Gasteiger partial charge in [-0.3, -0.25) is 9.59 Å². The topological polar surface area (TPSA) is 49.4 Å². The van der Waals surface area contributed by atoms with Crippen LogP contribution in [-0.4, -0.2) is 35.8 Å². The summed E-state index contributed by atoms with van der Waals surface area (Å²) in [6, 6.07) is 0.188. The Morgan fingerprint density at radius 2 is 1.45 bits per heavy atom. The maximum absolute atomic E-state index is 12.3. The molecule has 1 saturated heterocycles. The molecule has 0 aromatic carbocycles. The quantitative estimate of drug-likeness (QED) is 0.859. The van der Waals surface area contributed by atoms with Crippen LogP contribution < -0.4 is 5.32 Å². The van der Waals surface area contributed by atoms with E-state index in [2.05, 4.69) is 5.32 Å². The monoisotopic (exact) mass is 278 g/mol. The van der Waals surface area contributed by atoms with Gasteiger partial charge in [-0.2, -0.15) is 0 Å². The molecule has 3 fully saturated rings. The third-order valence-electron chi connectivity index (χ3n) is 5.28. The fourth-order valence-electron chi connectivity index (χ4n) is 4.02. The minimum absolute atomic E-state index is 0.188. The second-order valence-electron chi connectivity index (χ2n) is 6.74. The second kappa shape index (κ2) is 6.15. The normalized spacial score (nSPS) is 28.2. The molecule has 2 saturated carbocycles. The lowest BCUT2D eigenvalue weighted by Crippen LogP contribution is -2.41. The fraction of sp³-hybridized carbons (Fsp3) is 0.875. The van der Waals surface area contributed by atoms with E-state index in [1.807, 2.05) is 4.90 Å². The molecule has 0 unspecified atom stereocenters. The predicted octanol–water partition coefficient (Wildman–Crippen LogP) is 2.08. The first-order valence-corrected chi connectivity index (χ1v) is 8.33. The van der Waals surface area contributed by atoms with Crippen LogP contribution in [-0.2, 0) is 9.59 Å². The molecule has 1 N–H and O–H groups in total. The molecule has 1 heterocycles. The summed E-state index contributed by atoms with van der Waals surface area (Å²) in [6.45, 7) is 1.55. The van der Waals surface area contributed by atoms with E-state index in [9.17, 15) is 9.59 Å². The molecule has 2 aliphatic carbocycles. The van der Waals surface area contributed by atoms with Crippen LogP contribution in [0.1, 0.15) is 57.8 Å². The van der Waals surface area contributed by atoms with Gasteiger partial charge in [0.1, 0.15) is 0 Å². The average Bonchev–Trinajstić information content (AvgIpc) is 3.19. The molecule has 20 heavy (non-hydrogen) atoms. The Labute approximate surface area is 121 Å². The molecule has 0 aromatic heterocycles. The molecule has 0 spiro atoms. The Morgan fingerprint density at radius 3 is 2.10 bits per heavy atom.